The summed E-state index contributed by atoms with van der Waals surface area (Å²) >= 11 is 0. The molecule has 0 spiro atoms. The van der Waals surface area contributed by atoms with Gasteiger partial charge in [0.05, 0.1) is 29.4 Å². The highest BCUT2D eigenvalue weighted by Gasteiger charge is 2.36. The maximum Gasteiger partial charge on any atom is 0.251 e. The van der Waals surface area contributed by atoms with Crippen LogP contribution < -0.4 is 5.32 Å². The first-order valence-corrected chi connectivity index (χ1v) is 8.60. The molecule has 2 aromatic heterocycles. The Balaban J connectivity index is 1.57. The summed E-state index contributed by atoms with van der Waals surface area (Å²) in [7, 11) is 1.84. The van der Waals surface area contributed by atoms with E-state index < -0.39 is 0 Å². The molecule has 1 aromatic carbocycles. The molecule has 3 aromatic rings. The molecule has 1 fully saturated rings. The standard InChI is InChI=1S/C18H21N5O3/c1-23-8-12(7-19-23)17(11-4-13(25)5-11)22-18(26)10-2-3-14-15(6-10)21-16(9-24)20-14/h2-3,6-8,11,13,17,24-25H,4-5,9H2,1H3,(H,20,21)(H,22,26)/t11?,13?,17-/m1/s1. The van der Waals surface area contributed by atoms with Crippen LogP contribution in [0.25, 0.3) is 11.0 Å². The molecule has 1 amide bonds. The maximum absolute atomic E-state index is 12.8. The summed E-state index contributed by atoms with van der Waals surface area (Å²) in [5, 5.41) is 26.1. The van der Waals surface area contributed by atoms with Crippen LogP contribution in [0.3, 0.4) is 0 Å². The van der Waals surface area contributed by atoms with Gasteiger partial charge >= 0.3 is 0 Å². The minimum atomic E-state index is -0.297. The van der Waals surface area contributed by atoms with Crippen LogP contribution in [-0.4, -0.2) is 42.0 Å². The van der Waals surface area contributed by atoms with Crippen LogP contribution in [0.2, 0.25) is 0 Å². The van der Waals surface area contributed by atoms with Crippen molar-refractivity contribution in [2.45, 2.75) is 31.6 Å². The minimum absolute atomic E-state index is 0.177. The van der Waals surface area contributed by atoms with E-state index in [1.54, 1.807) is 29.1 Å². The van der Waals surface area contributed by atoms with E-state index in [4.69, 9.17) is 0 Å². The monoisotopic (exact) mass is 355 g/mol. The van der Waals surface area contributed by atoms with Gasteiger partial charge in [-0.3, -0.25) is 9.48 Å². The van der Waals surface area contributed by atoms with Crippen LogP contribution in [-0.2, 0) is 13.7 Å². The lowest BCUT2D eigenvalue weighted by Gasteiger charge is -2.37. The van der Waals surface area contributed by atoms with Crippen LogP contribution in [0.4, 0.5) is 0 Å². The van der Waals surface area contributed by atoms with Gasteiger partial charge in [-0.1, -0.05) is 0 Å². The maximum atomic E-state index is 12.8. The van der Waals surface area contributed by atoms with Gasteiger partial charge < -0.3 is 20.5 Å². The van der Waals surface area contributed by atoms with E-state index in [1.165, 1.54) is 0 Å². The van der Waals surface area contributed by atoms with Gasteiger partial charge in [0.1, 0.15) is 12.4 Å². The lowest BCUT2D eigenvalue weighted by atomic mass is 9.75. The average molecular weight is 355 g/mol. The third-order valence-corrected chi connectivity index (χ3v) is 4.93. The van der Waals surface area contributed by atoms with Crippen molar-refractivity contribution in [3.05, 3.63) is 47.5 Å². The highest BCUT2D eigenvalue weighted by molar-refractivity contribution is 5.97. The van der Waals surface area contributed by atoms with Crippen molar-refractivity contribution >= 4 is 16.9 Å². The number of rotatable bonds is 5. The van der Waals surface area contributed by atoms with E-state index in [-0.39, 0.29) is 30.6 Å². The Morgan fingerprint density at radius 1 is 1.46 bits per heavy atom. The Morgan fingerprint density at radius 2 is 2.27 bits per heavy atom. The molecule has 136 valence electrons. The van der Waals surface area contributed by atoms with Crippen LogP contribution in [0.1, 0.15) is 40.6 Å². The van der Waals surface area contributed by atoms with E-state index in [0.717, 1.165) is 5.56 Å². The summed E-state index contributed by atoms with van der Waals surface area (Å²) in [5.41, 5.74) is 2.86. The molecular weight excluding hydrogens is 334 g/mol. The lowest BCUT2D eigenvalue weighted by molar-refractivity contribution is 0.0235. The lowest BCUT2D eigenvalue weighted by Crippen LogP contribution is -2.41. The van der Waals surface area contributed by atoms with Crippen LogP contribution in [0.15, 0.2) is 30.6 Å². The first kappa shape index (κ1) is 16.7. The third-order valence-electron chi connectivity index (χ3n) is 4.93. The van der Waals surface area contributed by atoms with Crippen LogP contribution >= 0.6 is 0 Å². The highest BCUT2D eigenvalue weighted by Crippen LogP contribution is 2.38. The molecule has 2 heterocycles. The van der Waals surface area contributed by atoms with E-state index in [0.29, 0.717) is 35.3 Å². The van der Waals surface area contributed by atoms with Gasteiger partial charge in [0.2, 0.25) is 0 Å². The molecule has 1 aliphatic carbocycles. The number of amides is 1. The molecule has 0 bridgehead atoms. The number of hydrogen-bond acceptors (Lipinski definition) is 5. The van der Waals surface area contributed by atoms with E-state index in [2.05, 4.69) is 20.4 Å². The molecular formula is C18H21N5O3. The van der Waals surface area contributed by atoms with E-state index in [9.17, 15) is 15.0 Å². The number of carbonyl (C=O) groups is 1. The molecule has 0 radical (unpaired) electrons. The normalized spacial score (nSPS) is 20.7. The smallest absolute Gasteiger partial charge is 0.251 e. The minimum Gasteiger partial charge on any atom is -0.393 e. The van der Waals surface area contributed by atoms with Crippen molar-refractivity contribution in [3.63, 3.8) is 0 Å². The number of benzene rings is 1. The second kappa shape index (κ2) is 6.54. The predicted octanol–water partition coefficient (Wildman–Crippen LogP) is 1.03. The number of aryl methyl sites for hydroxylation is 1. The number of aromatic nitrogens is 4. The zero-order chi connectivity index (χ0) is 18.3. The Morgan fingerprint density at radius 3 is 2.92 bits per heavy atom. The Bertz CT molecular complexity index is 941. The van der Waals surface area contributed by atoms with Crippen molar-refractivity contribution < 1.29 is 15.0 Å². The number of imidazole rings is 1. The zero-order valence-corrected chi connectivity index (χ0v) is 14.4. The van der Waals surface area contributed by atoms with Crippen LogP contribution in [0.5, 0.6) is 0 Å². The predicted molar refractivity (Wildman–Crippen MR) is 94.2 cm³/mol. The van der Waals surface area contributed by atoms with Crippen molar-refractivity contribution in [2.24, 2.45) is 13.0 Å². The second-order valence-corrected chi connectivity index (χ2v) is 6.86. The fourth-order valence-corrected chi connectivity index (χ4v) is 3.48. The number of aromatic amines is 1. The van der Waals surface area contributed by atoms with Gasteiger partial charge in [0.15, 0.2) is 0 Å². The Labute approximate surface area is 149 Å². The van der Waals surface area contributed by atoms with Crippen molar-refractivity contribution in [3.8, 4) is 0 Å². The summed E-state index contributed by atoms with van der Waals surface area (Å²) < 4.78 is 1.71. The summed E-state index contributed by atoms with van der Waals surface area (Å²) in [6.45, 7) is -0.177. The topological polar surface area (TPSA) is 116 Å². The fraction of sp³-hybridized carbons (Fsp3) is 0.389. The quantitative estimate of drug-likeness (QED) is 0.545. The number of carbonyl (C=O) groups excluding carboxylic acids is 1. The van der Waals surface area contributed by atoms with Crippen LogP contribution in [0, 0.1) is 5.92 Å². The number of fused-ring (bicyclic) bond motifs is 1. The van der Waals surface area contributed by atoms with Gasteiger partial charge in [0.25, 0.3) is 5.91 Å². The molecule has 0 unspecified atom stereocenters. The summed E-state index contributed by atoms with van der Waals surface area (Å²) in [6.07, 6.45) is 4.68. The number of aliphatic hydroxyl groups excluding tert-OH is 2. The van der Waals surface area contributed by atoms with E-state index in [1.807, 2.05) is 13.2 Å². The molecule has 4 N–H and O–H groups in total. The van der Waals surface area contributed by atoms with Crippen molar-refractivity contribution in [1.82, 2.24) is 25.1 Å². The molecule has 8 heteroatoms. The summed E-state index contributed by atoms with van der Waals surface area (Å²) in [4.78, 5) is 20.0. The van der Waals surface area contributed by atoms with Crippen molar-refractivity contribution in [1.29, 1.82) is 0 Å². The number of aliphatic hydroxyl groups is 2. The van der Waals surface area contributed by atoms with Crippen molar-refractivity contribution in [2.75, 3.05) is 0 Å². The molecule has 8 nitrogen and oxygen atoms in total. The average Bonchev–Trinajstić information content (AvgIpc) is 3.21. The van der Waals surface area contributed by atoms with Gasteiger partial charge in [-0.2, -0.15) is 5.10 Å². The number of H-pyrrole nitrogens is 1. The molecule has 1 saturated carbocycles. The van der Waals surface area contributed by atoms with Gasteiger partial charge in [-0.25, -0.2) is 4.98 Å². The molecule has 4 rings (SSSR count). The zero-order valence-electron chi connectivity index (χ0n) is 14.4. The van der Waals surface area contributed by atoms with Gasteiger partial charge in [0, 0.05) is 24.4 Å². The second-order valence-electron chi connectivity index (χ2n) is 6.86. The fourth-order valence-electron chi connectivity index (χ4n) is 3.48. The number of nitrogens with one attached hydrogen (secondary N) is 2. The number of hydrogen-bond donors (Lipinski definition) is 4. The largest absolute Gasteiger partial charge is 0.393 e. The SMILES string of the molecule is Cn1cc([C@H](NC(=O)c2ccc3nc(CO)[nH]c3c2)C2CC(O)C2)cn1. The molecule has 0 aliphatic heterocycles. The molecule has 0 saturated heterocycles. The molecule has 1 atom stereocenters. The van der Waals surface area contributed by atoms with E-state index >= 15 is 0 Å². The molecule has 26 heavy (non-hydrogen) atoms. The van der Waals surface area contributed by atoms with Gasteiger partial charge in [-0.05, 0) is 37.0 Å². The molecule has 1 aliphatic rings. The summed E-state index contributed by atoms with van der Waals surface area (Å²) in [6, 6.07) is 5.01. The Kier molecular flexibility index (Phi) is 4.21. The third kappa shape index (κ3) is 3.09. The first-order valence-electron chi connectivity index (χ1n) is 8.60. The summed E-state index contributed by atoms with van der Waals surface area (Å²) in [5.74, 6) is 0.464. The first-order chi connectivity index (χ1) is 12.5. The number of nitrogens with zero attached hydrogens (tertiary/aromatic N) is 3. The van der Waals surface area contributed by atoms with Gasteiger partial charge in [-0.15, -0.1) is 0 Å². The highest BCUT2D eigenvalue weighted by atomic mass is 16.3. The Hall–Kier alpha value is -2.71.